The molecule has 3 N–H and O–H groups in total. The fourth-order valence-electron chi connectivity index (χ4n) is 1.52. The normalized spacial score (nSPS) is 19.2. The third kappa shape index (κ3) is 2.57. The van der Waals surface area contributed by atoms with Crippen molar-refractivity contribution in [3.05, 3.63) is 11.9 Å². The van der Waals surface area contributed by atoms with E-state index in [1.165, 1.54) is 0 Å². The van der Waals surface area contributed by atoms with E-state index in [0.717, 1.165) is 13.1 Å². The first kappa shape index (κ1) is 13.6. The SMILES string of the molecule is Cl.Cl.OC1(c2cn[nH]n2)CCNCC1. The summed E-state index contributed by atoms with van der Waals surface area (Å²) >= 11 is 0. The summed E-state index contributed by atoms with van der Waals surface area (Å²) in [5, 5.41) is 23.3. The van der Waals surface area contributed by atoms with Gasteiger partial charge in [0.05, 0.1) is 6.20 Å². The van der Waals surface area contributed by atoms with E-state index < -0.39 is 5.60 Å². The molecule has 1 fully saturated rings. The number of H-pyrrole nitrogens is 1. The van der Waals surface area contributed by atoms with Gasteiger partial charge in [0.2, 0.25) is 0 Å². The third-order valence-electron chi connectivity index (χ3n) is 2.32. The first-order chi connectivity index (χ1) is 5.81. The van der Waals surface area contributed by atoms with Gasteiger partial charge in [-0.05, 0) is 25.9 Å². The number of hydrogen-bond acceptors (Lipinski definition) is 4. The lowest BCUT2D eigenvalue weighted by Gasteiger charge is -2.30. The lowest BCUT2D eigenvalue weighted by molar-refractivity contribution is 0.00180. The van der Waals surface area contributed by atoms with Gasteiger partial charge in [-0.15, -0.1) is 24.8 Å². The first-order valence-electron chi connectivity index (χ1n) is 4.11. The maximum absolute atomic E-state index is 10.1. The van der Waals surface area contributed by atoms with Crippen LogP contribution in [0.3, 0.4) is 0 Å². The number of nitrogens with zero attached hydrogens (tertiary/aromatic N) is 2. The van der Waals surface area contributed by atoms with E-state index in [9.17, 15) is 5.11 Å². The van der Waals surface area contributed by atoms with Gasteiger partial charge in [-0.1, -0.05) is 0 Å². The van der Waals surface area contributed by atoms with Gasteiger partial charge in [0.1, 0.15) is 11.3 Å². The van der Waals surface area contributed by atoms with Crippen LogP contribution in [0.2, 0.25) is 0 Å². The molecule has 5 nitrogen and oxygen atoms in total. The molecule has 2 heterocycles. The molecule has 0 aliphatic carbocycles. The lowest BCUT2D eigenvalue weighted by Crippen LogP contribution is -2.39. The minimum atomic E-state index is -0.766. The summed E-state index contributed by atoms with van der Waals surface area (Å²) in [6.45, 7) is 1.67. The molecule has 2 rings (SSSR count). The zero-order valence-corrected chi connectivity index (χ0v) is 9.20. The minimum Gasteiger partial charge on any atom is -0.383 e. The van der Waals surface area contributed by atoms with Crippen LogP contribution in [-0.4, -0.2) is 33.6 Å². The number of piperidine rings is 1. The van der Waals surface area contributed by atoms with Crippen molar-refractivity contribution in [2.45, 2.75) is 18.4 Å². The minimum absolute atomic E-state index is 0. The second kappa shape index (κ2) is 5.50. The molecule has 0 bridgehead atoms. The van der Waals surface area contributed by atoms with Crippen molar-refractivity contribution in [3.8, 4) is 0 Å². The fourth-order valence-corrected chi connectivity index (χ4v) is 1.52. The highest BCUT2D eigenvalue weighted by atomic mass is 35.5. The summed E-state index contributed by atoms with van der Waals surface area (Å²) in [5.41, 5.74) is -0.109. The standard InChI is InChI=1S/C7H12N4O.2ClH/c12-7(1-3-8-4-2-7)6-5-9-11-10-6;;/h5,8,12H,1-4H2,(H,9,10,11);2*1H. The summed E-state index contributed by atoms with van der Waals surface area (Å²) in [7, 11) is 0. The number of halogens is 2. The van der Waals surface area contributed by atoms with Crippen LogP contribution in [0.15, 0.2) is 6.20 Å². The Morgan fingerprint density at radius 1 is 1.29 bits per heavy atom. The molecule has 1 aliphatic heterocycles. The fraction of sp³-hybridized carbons (Fsp3) is 0.714. The molecule has 0 atom stereocenters. The molecule has 0 radical (unpaired) electrons. The van der Waals surface area contributed by atoms with Crippen molar-refractivity contribution in [1.82, 2.24) is 20.7 Å². The van der Waals surface area contributed by atoms with Gasteiger partial charge in [-0.3, -0.25) is 0 Å². The van der Waals surface area contributed by atoms with E-state index in [0.29, 0.717) is 18.5 Å². The smallest absolute Gasteiger partial charge is 0.114 e. The third-order valence-corrected chi connectivity index (χ3v) is 2.32. The number of aliphatic hydroxyl groups is 1. The maximum Gasteiger partial charge on any atom is 0.114 e. The lowest BCUT2D eigenvalue weighted by atomic mass is 9.90. The Kier molecular flexibility index (Phi) is 5.36. The summed E-state index contributed by atoms with van der Waals surface area (Å²) in [6, 6.07) is 0. The van der Waals surface area contributed by atoms with E-state index in [2.05, 4.69) is 20.7 Å². The van der Waals surface area contributed by atoms with Crippen LogP contribution < -0.4 is 5.32 Å². The Labute approximate surface area is 94.5 Å². The number of hydrogen-bond donors (Lipinski definition) is 3. The van der Waals surface area contributed by atoms with Crippen LogP contribution in [0, 0.1) is 0 Å². The Bertz CT molecular complexity index is 248. The van der Waals surface area contributed by atoms with Gasteiger partial charge >= 0.3 is 0 Å². The molecule has 1 aromatic heterocycles. The van der Waals surface area contributed by atoms with E-state index in [1.54, 1.807) is 6.20 Å². The zero-order chi connectivity index (χ0) is 8.44. The van der Waals surface area contributed by atoms with Crippen LogP contribution in [0.1, 0.15) is 18.5 Å². The van der Waals surface area contributed by atoms with Crippen LogP contribution in [-0.2, 0) is 5.60 Å². The molecule has 0 aromatic carbocycles. The average Bonchev–Trinajstić information content (AvgIpc) is 2.58. The van der Waals surface area contributed by atoms with Gasteiger partial charge in [0, 0.05) is 0 Å². The van der Waals surface area contributed by atoms with Crippen LogP contribution in [0.5, 0.6) is 0 Å². The predicted octanol–water partition coefficient (Wildman–Crippen LogP) is 0.219. The first-order valence-corrected chi connectivity index (χ1v) is 4.11. The molecule has 1 saturated heterocycles. The highest BCUT2D eigenvalue weighted by Gasteiger charge is 2.33. The van der Waals surface area contributed by atoms with Crippen molar-refractivity contribution in [3.63, 3.8) is 0 Å². The largest absolute Gasteiger partial charge is 0.383 e. The van der Waals surface area contributed by atoms with Crippen LogP contribution in [0.4, 0.5) is 0 Å². The highest BCUT2D eigenvalue weighted by molar-refractivity contribution is 5.85. The van der Waals surface area contributed by atoms with E-state index in [-0.39, 0.29) is 24.8 Å². The molecule has 1 aliphatic rings. The molecule has 0 amide bonds. The molecular weight excluding hydrogens is 227 g/mol. The van der Waals surface area contributed by atoms with Crippen molar-refractivity contribution in [2.24, 2.45) is 0 Å². The second-order valence-corrected chi connectivity index (χ2v) is 3.14. The second-order valence-electron chi connectivity index (χ2n) is 3.14. The van der Waals surface area contributed by atoms with Gasteiger partial charge in [-0.25, -0.2) is 0 Å². The van der Waals surface area contributed by atoms with Crippen LogP contribution in [0.25, 0.3) is 0 Å². The summed E-state index contributed by atoms with van der Waals surface area (Å²) < 4.78 is 0. The van der Waals surface area contributed by atoms with Gasteiger partial charge in [0.15, 0.2) is 0 Å². The Morgan fingerprint density at radius 2 is 1.93 bits per heavy atom. The monoisotopic (exact) mass is 240 g/mol. The predicted molar refractivity (Wildman–Crippen MR) is 56.9 cm³/mol. The average molecular weight is 241 g/mol. The Hall–Kier alpha value is -0.360. The van der Waals surface area contributed by atoms with E-state index >= 15 is 0 Å². The number of aromatic nitrogens is 3. The number of rotatable bonds is 1. The van der Waals surface area contributed by atoms with Gasteiger partial charge < -0.3 is 10.4 Å². The molecule has 0 spiro atoms. The van der Waals surface area contributed by atoms with Crippen LogP contribution >= 0.6 is 24.8 Å². The van der Waals surface area contributed by atoms with Crippen molar-refractivity contribution >= 4 is 24.8 Å². The van der Waals surface area contributed by atoms with Gasteiger partial charge in [-0.2, -0.15) is 15.4 Å². The molecule has 7 heteroatoms. The molecule has 0 saturated carbocycles. The van der Waals surface area contributed by atoms with Crippen molar-refractivity contribution < 1.29 is 5.11 Å². The van der Waals surface area contributed by atoms with Gasteiger partial charge in [0.25, 0.3) is 0 Å². The summed E-state index contributed by atoms with van der Waals surface area (Å²) in [5.74, 6) is 0. The summed E-state index contributed by atoms with van der Waals surface area (Å²) in [6.07, 6.45) is 3.00. The quantitative estimate of drug-likeness (QED) is 0.657. The molecular formula is C7H14Cl2N4O. The Balaban J connectivity index is 0.000000845. The maximum atomic E-state index is 10.1. The molecule has 1 aromatic rings. The zero-order valence-electron chi connectivity index (χ0n) is 7.56. The summed E-state index contributed by atoms with van der Waals surface area (Å²) in [4.78, 5) is 0. The molecule has 82 valence electrons. The molecule has 14 heavy (non-hydrogen) atoms. The van der Waals surface area contributed by atoms with Crippen molar-refractivity contribution in [1.29, 1.82) is 0 Å². The highest BCUT2D eigenvalue weighted by Crippen LogP contribution is 2.27. The van der Waals surface area contributed by atoms with Crippen molar-refractivity contribution in [2.75, 3.05) is 13.1 Å². The number of nitrogens with one attached hydrogen (secondary N) is 2. The topological polar surface area (TPSA) is 73.8 Å². The Morgan fingerprint density at radius 3 is 2.43 bits per heavy atom. The van der Waals surface area contributed by atoms with E-state index in [4.69, 9.17) is 0 Å². The number of aromatic amines is 1. The molecule has 0 unspecified atom stereocenters. The van der Waals surface area contributed by atoms with E-state index in [1.807, 2.05) is 0 Å².